The first-order valence-electron chi connectivity index (χ1n) is 7.93. The lowest BCUT2D eigenvalue weighted by molar-refractivity contribution is -0.158. The summed E-state index contributed by atoms with van der Waals surface area (Å²) in [5, 5.41) is 1.71. The van der Waals surface area contributed by atoms with E-state index in [4.69, 9.17) is 4.74 Å². The average molecular weight is 365 g/mol. The van der Waals surface area contributed by atoms with E-state index in [9.17, 15) is 22.8 Å². The number of benzene rings is 2. The SMILES string of the molecule is C[C@@H](OC(=O)C(c1ccccc1)c1ccccc1)C(=O)NCC(F)(F)F. The summed E-state index contributed by atoms with van der Waals surface area (Å²) in [4.78, 5) is 24.4. The van der Waals surface area contributed by atoms with Crippen LogP contribution in [0.3, 0.4) is 0 Å². The molecule has 26 heavy (non-hydrogen) atoms. The largest absolute Gasteiger partial charge is 0.452 e. The molecule has 1 N–H and O–H groups in total. The molecule has 0 radical (unpaired) electrons. The first kappa shape index (κ1) is 19.5. The molecule has 0 aromatic heterocycles. The fourth-order valence-electron chi connectivity index (χ4n) is 2.38. The van der Waals surface area contributed by atoms with Crippen molar-refractivity contribution in [2.75, 3.05) is 6.54 Å². The maximum absolute atomic E-state index is 12.6. The summed E-state index contributed by atoms with van der Waals surface area (Å²) in [6.45, 7) is -0.245. The Morgan fingerprint density at radius 2 is 1.42 bits per heavy atom. The number of ether oxygens (including phenoxy) is 1. The Kier molecular flexibility index (Phi) is 6.38. The van der Waals surface area contributed by atoms with Gasteiger partial charge in [0.15, 0.2) is 6.10 Å². The van der Waals surface area contributed by atoms with Gasteiger partial charge < -0.3 is 10.1 Å². The van der Waals surface area contributed by atoms with Crippen molar-refractivity contribution in [3.8, 4) is 0 Å². The van der Waals surface area contributed by atoms with Gasteiger partial charge in [-0.15, -0.1) is 0 Å². The average Bonchev–Trinajstić information content (AvgIpc) is 2.61. The second kappa shape index (κ2) is 8.51. The fraction of sp³-hybridized carbons (Fsp3) is 0.263. The van der Waals surface area contributed by atoms with E-state index in [1.807, 2.05) is 0 Å². The highest BCUT2D eigenvalue weighted by atomic mass is 19.4. The number of carbonyl (C=O) groups is 2. The number of alkyl halides is 3. The molecule has 2 aromatic carbocycles. The van der Waals surface area contributed by atoms with Crippen LogP contribution in [0.2, 0.25) is 0 Å². The normalized spacial score (nSPS) is 12.5. The Hall–Kier alpha value is -2.83. The molecule has 0 aliphatic heterocycles. The van der Waals surface area contributed by atoms with Crippen LogP contribution in [0.5, 0.6) is 0 Å². The Morgan fingerprint density at radius 3 is 1.85 bits per heavy atom. The lowest BCUT2D eigenvalue weighted by Gasteiger charge is -2.20. The molecule has 0 saturated carbocycles. The van der Waals surface area contributed by atoms with Crippen molar-refractivity contribution in [3.05, 3.63) is 71.8 Å². The van der Waals surface area contributed by atoms with Crippen molar-refractivity contribution in [2.24, 2.45) is 0 Å². The predicted octanol–water partition coefficient (Wildman–Crippen LogP) is 3.43. The van der Waals surface area contributed by atoms with Gasteiger partial charge in [-0.3, -0.25) is 9.59 Å². The number of carbonyl (C=O) groups excluding carboxylic acids is 2. The lowest BCUT2D eigenvalue weighted by Crippen LogP contribution is -2.41. The topological polar surface area (TPSA) is 55.4 Å². The van der Waals surface area contributed by atoms with Crippen molar-refractivity contribution < 1.29 is 27.5 Å². The van der Waals surface area contributed by atoms with Gasteiger partial charge in [0.25, 0.3) is 5.91 Å². The van der Waals surface area contributed by atoms with Crippen molar-refractivity contribution >= 4 is 11.9 Å². The van der Waals surface area contributed by atoms with Crippen molar-refractivity contribution in [2.45, 2.75) is 25.1 Å². The van der Waals surface area contributed by atoms with Crippen molar-refractivity contribution in [3.63, 3.8) is 0 Å². The minimum atomic E-state index is -4.53. The van der Waals surface area contributed by atoms with E-state index in [0.29, 0.717) is 11.1 Å². The maximum atomic E-state index is 12.6. The highest BCUT2D eigenvalue weighted by molar-refractivity contribution is 5.87. The molecule has 4 nitrogen and oxygen atoms in total. The van der Waals surface area contributed by atoms with E-state index in [1.54, 1.807) is 66.0 Å². The molecule has 0 heterocycles. The fourth-order valence-corrected chi connectivity index (χ4v) is 2.38. The van der Waals surface area contributed by atoms with Crippen LogP contribution >= 0.6 is 0 Å². The predicted molar refractivity (Wildman–Crippen MR) is 89.3 cm³/mol. The summed E-state index contributed by atoms with van der Waals surface area (Å²) >= 11 is 0. The Morgan fingerprint density at radius 1 is 0.962 bits per heavy atom. The molecular weight excluding hydrogens is 347 g/mol. The second-order valence-corrected chi connectivity index (χ2v) is 5.67. The summed E-state index contributed by atoms with van der Waals surface area (Å²) in [5.74, 6) is -2.50. The van der Waals surface area contributed by atoms with Gasteiger partial charge in [0.1, 0.15) is 12.5 Å². The maximum Gasteiger partial charge on any atom is 0.405 e. The monoisotopic (exact) mass is 365 g/mol. The van der Waals surface area contributed by atoms with E-state index < -0.39 is 36.6 Å². The molecule has 2 rings (SSSR count). The Balaban J connectivity index is 2.13. The third kappa shape index (κ3) is 5.61. The summed E-state index contributed by atoms with van der Waals surface area (Å²) in [6, 6.07) is 17.6. The Bertz CT molecular complexity index is 693. The number of esters is 1. The van der Waals surface area contributed by atoms with Crippen LogP contribution in [0.15, 0.2) is 60.7 Å². The summed E-state index contributed by atoms with van der Waals surface area (Å²) in [5.41, 5.74) is 1.32. The third-order valence-electron chi connectivity index (χ3n) is 3.63. The molecule has 0 saturated heterocycles. The highest BCUT2D eigenvalue weighted by Crippen LogP contribution is 2.26. The van der Waals surface area contributed by atoms with Crippen LogP contribution in [0.25, 0.3) is 0 Å². The Labute approximate surface area is 149 Å². The number of hydrogen-bond donors (Lipinski definition) is 1. The van der Waals surface area contributed by atoms with E-state index in [0.717, 1.165) is 0 Å². The van der Waals surface area contributed by atoms with Gasteiger partial charge in [-0.25, -0.2) is 0 Å². The molecule has 7 heteroatoms. The molecular formula is C19H18F3NO3. The van der Waals surface area contributed by atoms with Gasteiger partial charge in [0, 0.05) is 0 Å². The first-order valence-corrected chi connectivity index (χ1v) is 7.93. The van der Waals surface area contributed by atoms with Crippen LogP contribution in [0.1, 0.15) is 24.0 Å². The van der Waals surface area contributed by atoms with Gasteiger partial charge in [-0.05, 0) is 18.1 Å². The number of halogens is 3. The number of amides is 1. The molecule has 138 valence electrons. The first-order chi connectivity index (χ1) is 12.3. The number of rotatable bonds is 6. The second-order valence-electron chi connectivity index (χ2n) is 5.67. The van der Waals surface area contributed by atoms with E-state index in [2.05, 4.69) is 0 Å². The quantitative estimate of drug-likeness (QED) is 0.798. The molecule has 0 bridgehead atoms. The minimum absolute atomic E-state index is 0.659. The van der Waals surface area contributed by atoms with Gasteiger partial charge in [-0.2, -0.15) is 13.2 Å². The van der Waals surface area contributed by atoms with Gasteiger partial charge >= 0.3 is 12.1 Å². The van der Waals surface area contributed by atoms with Crippen LogP contribution < -0.4 is 5.32 Å². The highest BCUT2D eigenvalue weighted by Gasteiger charge is 2.31. The third-order valence-corrected chi connectivity index (χ3v) is 3.63. The molecule has 0 aliphatic carbocycles. The summed E-state index contributed by atoms with van der Waals surface area (Å²) in [6.07, 6.45) is -5.88. The molecule has 0 unspecified atom stereocenters. The zero-order valence-electron chi connectivity index (χ0n) is 14.0. The van der Waals surface area contributed by atoms with Crippen LogP contribution in [0, 0.1) is 0 Å². The van der Waals surface area contributed by atoms with Crippen LogP contribution in [-0.4, -0.2) is 30.7 Å². The van der Waals surface area contributed by atoms with E-state index in [1.165, 1.54) is 6.92 Å². The van der Waals surface area contributed by atoms with E-state index >= 15 is 0 Å². The molecule has 2 aromatic rings. The van der Waals surface area contributed by atoms with Crippen molar-refractivity contribution in [1.82, 2.24) is 5.32 Å². The zero-order valence-corrected chi connectivity index (χ0v) is 14.0. The van der Waals surface area contributed by atoms with Gasteiger partial charge in [0.05, 0.1) is 0 Å². The lowest BCUT2D eigenvalue weighted by atomic mass is 9.91. The molecule has 0 aliphatic rings. The van der Waals surface area contributed by atoms with Crippen molar-refractivity contribution in [1.29, 1.82) is 0 Å². The van der Waals surface area contributed by atoms with Gasteiger partial charge in [-0.1, -0.05) is 60.7 Å². The molecule has 0 fully saturated rings. The standard InChI is InChI=1S/C19H18F3NO3/c1-13(17(24)23-12-19(20,21)22)26-18(25)16(14-8-4-2-5-9-14)15-10-6-3-7-11-15/h2-11,13,16H,12H2,1H3,(H,23,24)/t13-/m1/s1. The van der Waals surface area contributed by atoms with Gasteiger partial charge in [0.2, 0.25) is 0 Å². The summed E-state index contributed by atoms with van der Waals surface area (Å²) < 4.78 is 41.7. The van der Waals surface area contributed by atoms with Crippen LogP contribution in [0.4, 0.5) is 13.2 Å². The van der Waals surface area contributed by atoms with E-state index in [-0.39, 0.29) is 0 Å². The zero-order chi connectivity index (χ0) is 19.2. The molecule has 0 spiro atoms. The minimum Gasteiger partial charge on any atom is -0.452 e. The van der Waals surface area contributed by atoms with Crippen LogP contribution in [-0.2, 0) is 14.3 Å². The number of nitrogens with one attached hydrogen (secondary N) is 1. The summed E-state index contributed by atoms with van der Waals surface area (Å²) in [7, 11) is 0. The smallest absolute Gasteiger partial charge is 0.405 e. The molecule has 1 amide bonds. The number of hydrogen-bond acceptors (Lipinski definition) is 3. The molecule has 1 atom stereocenters.